The molecular weight excluding hydrogens is 335 g/mol. The van der Waals surface area contributed by atoms with Gasteiger partial charge in [-0.05, 0) is 52.5 Å². The van der Waals surface area contributed by atoms with Crippen LogP contribution in [0.4, 0.5) is 0 Å². The molecule has 0 saturated carbocycles. The maximum Gasteiger partial charge on any atom is 0.119 e. The van der Waals surface area contributed by atoms with Gasteiger partial charge in [0.1, 0.15) is 12.4 Å². The molecule has 0 spiro atoms. The monoisotopic (exact) mass is 364 g/mol. The fraction of sp³-hybridized carbons (Fsp3) is 0.333. The van der Waals surface area contributed by atoms with Gasteiger partial charge in [-0.15, -0.1) is 8.58 Å². The molecular formula is C24H29OP. The molecule has 0 amide bonds. The molecule has 0 bridgehead atoms. The lowest BCUT2D eigenvalue weighted by molar-refractivity contribution is 0.307. The van der Waals surface area contributed by atoms with Crippen molar-refractivity contribution in [1.29, 1.82) is 0 Å². The molecule has 2 heteroatoms. The Morgan fingerprint density at radius 3 is 2.27 bits per heavy atom. The summed E-state index contributed by atoms with van der Waals surface area (Å²) < 4.78 is 6.07. The summed E-state index contributed by atoms with van der Waals surface area (Å²) in [6.07, 6.45) is 1.22. The summed E-state index contributed by atoms with van der Waals surface area (Å²) in [5, 5.41) is 2.53. The van der Waals surface area contributed by atoms with Gasteiger partial charge in [-0.2, -0.15) is 0 Å². The molecule has 0 aliphatic rings. The Morgan fingerprint density at radius 1 is 0.885 bits per heavy atom. The standard InChI is InChI=1S/C24H29OP/c1-24(2,3)16-23(26-4)19-12-14-21(15-13-19)25-17-20-10-7-9-18-8-5-6-11-22(18)20/h5-15,23,26H,16-17H2,1-4H3. The minimum atomic E-state index is 0.358. The molecule has 1 nitrogen and oxygen atoms in total. The first-order chi connectivity index (χ1) is 12.5. The van der Waals surface area contributed by atoms with Gasteiger partial charge in [-0.3, -0.25) is 0 Å². The Kier molecular flexibility index (Phi) is 5.99. The average Bonchev–Trinajstić information content (AvgIpc) is 2.64. The van der Waals surface area contributed by atoms with Gasteiger partial charge in [0.05, 0.1) is 0 Å². The van der Waals surface area contributed by atoms with Crippen LogP contribution in [0.2, 0.25) is 0 Å². The first-order valence-corrected chi connectivity index (χ1v) is 10.9. The molecule has 2 atom stereocenters. The van der Waals surface area contributed by atoms with Gasteiger partial charge >= 0.3 is 0 Å². The van der Waals surface area contributed by atoms with Gasteiger partial charge in [-0.1, -0.05) is 75.4 Å². The molecule has 0 heterocycles. The van der Waals surface area contributed by atoms with Gasteiger partial charge in [0.25, 0.3) is 0 Å². The Balaban J connectivity index is 1.69. The van der Waals surface area contributed by atoms with E-state index in [0.717, 1.165) is 14.3 Å². The molecule has 0 aliphatic heterocycles. The number of benzene rings is 3. The van der Waals surface area contributed by atoms with E-state index in [4.69, 9.17) is 4.74 Å². The van der Waals surface area contributed by atoms with Gasteiger partial charge in [0, 0.05) is 5.66 Å². The van der Waals surface area contributed by atoms with E-state index in [0.29, 0.717) is 17.7 Å². The fourth-order valence-corrected chi connectivity index (χ4v) is 4.72. The van der Waals surface area contributed by atoms with Crippen molar-refractivity contribution >= 4 is 19.4 Å². The zero-order valence-electron chi connectivity index (χ0n) is 16.3. The highest BCUT2D eigenvalue weighted by Gasteiger charge is 2.18. The lowest BCUT2D eigenvalue weighted by Crippen LogP contribution is -2.09. The number of hydrogen-bond acceptors (Lipinski definition) is 1. The summed E-state index contributed by atoms with van der Waals surface area (Å²) in [4.78, 5) is 0. The molecule has 26 heavy (non-hydrogen) atoms. The molecule has 0 saturated heterocycles. The Hall–Kier alpha value is -1.85. The molecule has 0 aromatic heterocycles. The highest BCUT2D eigenvalue weighted by atomic mass is 31.1. The summed E-state index contributed by atoms with van der Waals surface area (Å²) >= 11 is 0. The average molecular weight is 364 g/mol. The molecule has 0 fully saturated rings. The molecule has 136 valence electrons. The Bertz CT molecular complexity index is 841. The fourth-order valence-electron chi connectivity index (χ4n) is 3.37. The van der Waals surface area contributed by atoms with Crippen LogP contribution in [0.1, 0.15) is 44.0 Å². The molecule has 3 rings (SSSR count). The predicted molar refractivity (Wildman–Crippen MR) is 116 cm³/mol. The largest absolute Gasteiger partial charge is 0.489 e. The van der Waals surface area contributed by atoms with Crippen LogP contribution in [-0.2, 0) is 6.61 Å². The predicted octanol–water partition coefficient (Wildman–Crippen LogP) is 7.20. The number of fused-ring (bicyclic) bond motifs is 1. The smallest absolute Gasteiger partial charge is 0.119 e. The maximum absolute atomic E-state index is 6.07. The number of ether oxygens (including phenoxy) is 1. The highest BCUT2D eigenvalue weighted by molar-refractivity contribution is 7.37. The van der Waals surface area contributed by atoms with E-state index < -0.39 is 0 Å². The van der Waals surface area contributed by atoms with Crippen LogP contribution in [-0.4, -0.2) is 6.66 Å². The van der Waals surface area contributed by atoms with E-state index in [1.165, 1.54) is 28.3 Å². The quantitative estimate of drug-likeness (QED) is 0.420. The van der Waals surface area contributed by atoms with Crippen molar-refractivity contribution in [3.05, 3.63) is 77.9 Å². The van der Waals surface area contributed by atoms with E-state index in [-0.39, 0.29) is 0 Å². The minimum Gasteiger partial charge on any atom is -0.489 e. The van der Waals surface area contributed by atoms with Crippen molar-refractivity contribution in [1.82, 2.24) is 0 Å². The summed E-state index contributed by atoms with van der Waals surface area (Å²) in [5.74, 6) is 0.940. The lowest BCUT2D eigenvalue weighted by atomic mass is 9.88. The number of rotatable bonds is 6. The van der Waals surface area contributed by atoms with Crippen LogP contribution in [0.3, 0.4) is 0 Å². The van der Waals surface area contributed by atoms with Crippen molar-refractivity contribution in [2.24, 2.45) is 5.41 Å². The van der Waals surface area contributed by atoms with Crippen molar-refractivity contribution in [3.63, 3.8) is 0 Å². The van der Waals surface area contributed by atoms with Gasteiger partial charge < -0.3 is 4.74 Å². The van der Waals surface area contributed by atoms with Crippen LogP contribution in [0, 0.1) is 5.41 Å². The van der Waals surface area contributed by atoms with E-state index in [1.807, 2.05) is 0 Å². The summed E-state index contributed by atoms with van der Waals surface area (Å²) in [6.45, 7) is 9.87. The van der Waals surface area contributed by atoms with E-state index in [1.54, 1.807) is 0 Å². The van der Waals surface area contributed by atoms with Gasteiger partial charge in [0.2, 0.25) is 0 Å². The second-order valence-corrected chi connectivity index (χ2v) is 9.38. The van der Waals surface area contributed by atoms with Crippen LogP contribution in [0.25, 0.3) is 10.8 Å². The number of hydrogen-bond donors (Lipinski definition) is 0. The summed E-state index contributed by atoms with van der Waals surface area (Å²) in [5.41, 5.74) is 3.66. The second kappa shape index (κ2) is 8.23. The third-order valence-electron chi connectivity index (χ3n) is 4.72. The van der Waals surface area contributed by atoms with Gasteiger partial charge in [-0.25, -0.2) is 0 Å². The van der Waals surface area contributed by atoms with Crippen molar-refractivity contribution < 1.29 is 4.74 Å². The Labute approximate surface area is 159 Å². The zero-order valence-corrected chi connectivity index (χ0v) is 17.3. The van der Waals surface area contributed by atoms with Crippen LogP contribution in [0.5, 0.6) is 5.75 Å². The second-order valence-electron chi connectivity index (χ2n) is 8.10. The van der Waals surface area contributed by atoms with Crippen molar-refractivity contribution in [3.8, 4) is 5.75 Å². The van der Waals surface area contributed by atoms with Crippen LogP contribution < -0.4 is 4.74 Å². The lowest BCUT2D eigenvalue weighted by Gasteiger charge is -2.25. The third-order valence-corrected chi connectivity index (χ3v) is 5.96. The van der Waals surface area contributed by atoms with E-state index in [2.05, 4.69) is 94.2 Å². The molecule has 2 unspecified atom stereocenters. The Morgan fingerprint density at radius 2 is 1.58 bits per heavy atom. The summed E-state index contributed by atoms with van der Waals surface area (Å²) in [7, 11) is 0.923. The topological polar surface area (TPSA) is 9.23 Å². The molecule has 0 aliphatic carbocycles. The summed E-state index contributed by atoms with van der Waals surface area (Å²) in [6, 6.07) is 23.6. The molecule has 3 aromatic rings. The minimum absolute atomic E-state index is 0.358. The normalized spacial score (nSPS) is 13.4. The molecule has 3 aromatic carbocycles. The zero-order chi connectivity index (χ0) is 18.6. The van der Waals surface area contributed by atoms with E-state index in [9.17, 15) is 0 Å². The first kappa shape index (κ1) is 18.9. The van der Waals surface area contributed by atoms with E-state index >= 15 is 0 Å². The van der Waals surface area contributed by atoms with Crippen LogP contribution in [0.15, 0.2) is 66.7 Å². The van der Waals surface area contributed by atoms with Crippen molar-refractivity contribution in [2.45, 2.75) is 39.5 Å². The molecule has 0 N–H and O–H groups in total. The first-order valence-electron chi connectivity index (χ1n) is 9.33. The molecule has 0 radical (unpaired) electrons. The van der Waals surface area contributed by atoms with Crippen molar-refractivity contribution in [2.75, 3.05) is 6.66 Å². The van der Waals surface area contributed by atoms with Gasteiger partial charge in [0.15, 0.2) is 0 Å². The maximum atomic E-state index is 6.07. The highest BCUT2D eigenvalue weighted by Crippen LogP contribution is 2.41. The van der Waals surface area contributed by atoms with Crippen LogP contribution >= 0.6 is 8.58 Å². The third kappa shape index (κ3) is 4.86. The SMILES string of the molecule is CPC(CC(C)(C)C)c1ccc(OCc2cccc3ccccc23)cc1.